The summed E-state index contributed by atoms with van der Waals surface area (Å²) in [7, 11) is 0. The summed E-state index contributed by atoms with van der Waals surface area (Å²) in [6.45, 7) is 1.84. The van der Waals surface area contributed by atoms with E-state index in [0.717, 1.165) is 5.56 Å². The van der Waals surface area contributed by atoms with Crippen LogP contribution in [0.15, 0.2) is 83.8 Å². The Morgan fingerprint density at radius 1 is 0.935 bits per heavy atom. The topological polar surface area (TPSA) is 93.1 Å². The van der Waals surface area contributed by atoms with Crippen molar-refractivity contribution in [1.82, 2.24) is 9.78 Å². The maximum absolute atomic E-state index is 12.8. The number of benzene rings is 3. The van der Waals surface area contributed by atoms with Crippen LogP contribution in [0.3, 0.4) is 0 Å². The van der Waals surface area contributed by atoms with Gasteiger partial charge in [0, 0.05) is 11.1 Å². The van der Waals surface area contributed by atoms with Crippen LogP contribution in [-0.2, 0) is 11.3 Å². The number of fused-ring (bicyclic) bond motifs is 1. The molecule has 0 saturated heterocycles. The zero-order chi connectivity index (χ0) is 21.8. The maximum atomic E-state index is 12.8. The second kappa shape index (κ2) is 8.62. The second-order valence-electron chi connectivity index (χ2n) is 7.10. The minimum absolute atomic E-state index is 0.103. The molecule has 2 amide bonds. The second-order valence-corrected chi connectivity index (χ2v) is 7.10. The van der Waals surface area contributed by atoms with Crippen LogP contribution in [0.4, 0.5) is 11.4 Å². The van der Waals surface area contributed by atoms with Crippen LogP contribution in [-0.4, -0.2) is 21.6 Å². The number of nitrogens with zero attached hydrogens (tertiary/aromatic N) is 2. The van der Waals surface area contributed by atoms with Gasteiger partial charge in [-0.1, -0.05) is 36.4 Å². The first-order valence-corrected chi connectivity index (χ1v) is 9.73. The number of aromatic nitrogens is 2. The number of aryl methyl sites for hydroxylation is 1. The van der Waals surface area contributed by atoms with Crippen molar-refractivity contribution in [3.63, 3.8) is 0 Å². The van der Waals surface area contributed by atoms with E-state index in [1.54, 1.807) is 54.6 Å². The SMILES string of the molecule is Cc1cccc(NC(=O)c2ccccc2NC(=O)Cn2ncc(=O)c3ccccc32)c1. The van der Waals surface area contributed by atoms with Crippen LogP contribution in [0.1, 0.15) is 15.9 Å². The van der Waals surface area contributed by atoms with Gasteiger partial charge >= 0.3 is 0 Å². The normalized spacial score (nSPS) is 10.6. The van der Waals surface area contributed by atoms with Crippen molar-refractivity contribution in [1.29, 1.82) is 0 Å². The number of carbonyl (C=O) groups excluding carboxylic acids is 2. The highest BCUT2D eigenvalue weighted by Gasteiger charge is 2.15. The Hall–Kier alpha value is -4.26. The molecule has 1 aromatic heterocycles. The smallest absolute Gasteiger partial charge is 0.257 e. The first kappa shape index (κ1) is 20.0. The van der Waals surface area contributed by atoms with E-state index in [9.17, 15) is 14.4 Å². The Bertz CT molecular complexity index is 1340. The fraction of sp³-hybridized carbons (Fsp3) is 0.0833. The van der Waals surface area contributed by atoms with E-state index in [-0.39, 0.29) is 23.8 Å². The van der Waals surface area contributed by atoms with Gasteiger partial charge in [-0.15, -0.1) is 0 Å². The summed E-state index contributed by atoms with van der Waals surface area (Å²) < 4.78 is 1.46. The Labute approximate surface area is 178 Å². The number of para-hydroxylation sites is 2. The molecule has 0 atom stereocenters. The molecule has 0 spiro atoms. The van der Waals surface area contributed by atoms with Gasteiger partial charge in [-0.05, 0) is 48.9 Å². The van der Waals surface area contributed by atoms with E-state index in [1.807, 2.05) is 25.1 Å². The molecular weight excluding hydrogens is 392 g/mol. The van der Waals surface area contributed by atoms with Gasteiger partial charge < -0.3 is 10.6 Å². The van der Waals surface area contributed by atoms with Gasteiger partial charge in [0.05, 0.1) is 23.0 Å². The van der Waals surface area contributed by atoms with Gasteiger partial charge in [0.25, 0.3) is 5.91 Å². The first-order chi connectivity index (χ1) is 15.0. The molecular formula is C24H20N4O3. The average molecular weight is 412 g/mol. The molecule has 0 aliphatic heterocycles. The zero-order valence-corrected chi connectivity index (χ0v) is 16.8. The number of hydrogen-bond acceptors (Lipinski definition) is 4. The van der Waals surface area contributed by atoms with Crippen LogP contribution >= 0.6 is 0 Å². The third-order valence-electron chi connectivity index (χ3n) is 4.78. The molecule has 3 aromatic carbocycles. The van der Waals surface area contributed by atoms with Crippen molar-refractivity contribution < 1.29 is 9.59 Å². The van der Waals surface area contributed by atoms with Gasteiger partial charge in [0.1, 0.15) is 6.54 Å². The lowest BCUT2D eigenvalue weighted by Gasteiger charge is -2.13. The molecule has 4 aromatic rings. The largest absolute Gasteiger partial charge is 0.324 e. The third-order valence-corrected chi connectivity index (χ3v) is 4.78. The highest BCUT2D eigenvalue weighted by Crippen LogP contribution is 2.18. The lowest BCUT2D eigenvalue weighted by atomic mass is 10.1. The van der Waals surface area contributed by atoms with Gasteiger partial charge in [-0.2, -0.15) is 5.10 Å². The van der Waals surface area contributed by atoms with Gasteiger partial charge in [-0.3, -0.25) is 19.1 Å². The molecule has 0 radical (unpaired) electrons. The predicted octanol–water partition coefficient (Wildman–Crippen LogP) is 3.60. The highest BCUT2D eigenvalue weighted by molar-refractivity contribution is 6.10. The molecule has 0 bridgehead atoms. The molecule has 1 heterocycles. The molecule has 2 N–H and O–H groups in total. The average Bonchev–Trinajstić information content (AvgIpc) is 2.76. The zero-order valence-electron chi connectivity index (χ0n) is 16.8. The Morgan fingerprint density at radius 3 is 2.55 bits per heavy atom. The Kier molecular flexibility index (Phi) is 5.57. The number of anilines is 2. The lowest BCUT2D eigenvalue weighted by Crippen LogP contribution is -2.24. The highest BCUT2D eigenvalue weighted by atomic mass is 16.2. The van der Waals surface area contributed by atoms with Crippen molar-refractivity contribution in [3.05, 3.63) is 100 Å². The number of carbonyl (C=O) groups is 2. The van der Waals surface area contributed by atoms with Crippen LogP contribution in [0, 0.1) is 6.92 Å². The van der Waals surface area contributed by atoms with Crippen molar-refractivity contribution in [2.75, 3.05) is 10.6 Å². The molecule has 0 unspecified atom stereocenters. The number of nitrogens with one attached hydrogen (secondary N) is 2. The molecule has 31 heavy (non-hydrogen) atoms. The number of hydrogen-bond donors (Lipinski definition) is 2. The molecule has 0 aliphatic carbocycles. The summed E-state index contributed by atoms with van der Waals surface area (Å²) in [5, 5.41) is 10.2. The summed E-state index contributed by atoms with van der Waals surface area (Å²) in [4.78, 5) is 37.5. The molecule has 7 heteroatoms. The quantitative estimate of drug-likeness (QED) is 0.524. The lowest BCUT2D eigenvalue weighted by molar-refractivity contribution is -0.116. The number of amides is 2. The first-order valence-electron chi connectivity index (χ1n) is 9.73. The van der Waals surface area contributed by atoms with E-state index in [2.05, 4.69) is 15.7 Å². The monoisotopic (exact) mass is 412 g/mol. The maximum Gasteiger partial charge on any atom is 0.257 e. The van der Waals surface area contributed by atoms with Crippen LogP contribution in [0.25, 0.3) is 10.9 Å². The van der Waals surface area contributed by atoms with Gasteiger partial charge in [0.2, 0.25) is 11.3 Å². The number of rotatable bonds is 5. The van der Waals surface area contributed by atoms with Crippen molar-refractivity contribution in [2.24, 2.45) is 0 Å². The van der Waals surface area contributed by atoms with E-state index in [0.29, 0.717) is 27.8 Å². The fourth-order valence-electron chi connectivity index (χ4n) is 3.32. The van der Waals surface area contributed by atoms with E-state index in [4.69, 9.17) is 0 Å². The Balaban J connectivity index is 1.54. The van der Waals surface area contributed by atoms with Crippen molar-refractivity contribution >= 4 is 34.1 Å². The minimum atomic E-state index is -0.364. The molecule has 0 saturated carbocycles. The molecule has 7 nitrogen and oxygen atoms in total. The third kappa shape index (κ3) is 4.51. The Morgan fingerprint density at radius 2 is 1.71 bits per heavy atom. The van der Waals surface area contributed by atoms with Crippen molar-refractivity contribution in [2.45, 2.75) is 13.5 Å². The standard InChI is InChI=1S/C24H20N4O3/c1-16-7-6-8-17(13-16)26-24(31)18-9-2-4-11-20(18)27-23(30)15-28-21-12-5-3-10-19(21)22(29)14-25-28/h2-14H,15H2,1H3,(H,26,31)(H,27,30). The molecule has 4 rings (SSSR count). The summed E-state index contributed by atoms with van der Waals surface area (Å²) in [6.07, 6.45) is 1.19. The predicted molar refractivity (Wildman–Crippen MR) is 120 cm³/mol. The van der Waals surface area contributed by atoms with Crippen LogP contribution < -0.4 is 16.1 Å². The van der Waals surface area contributed by atoms with E-state index >= 15 is 0 Å². The van der Waals surface area contributed by atoms with Gasteiger partial charge in [0.15, 0.2) is 0 Å². The van der Waals surface area contributed by atoms with Gasteiger partial charge in [-0.25, -0.2) is 0 Å². The van der Waals surface area contributed by atoms with E-state index in [1.165, 1.54) is 10.9 Å². The molecule has 154 valence electrons. The molecule has 0 fully saturated rings. The summed E-state index contributed by atoms with van der Waals surface area (Å²) in [5.41, 5.74) is 2.80. The molecule has 0 aliphatic rings. The fourth-order valence-corrected chi connectivity index (χ4v) is 3.32. The van der Waals surface area contributed by atoms with Crippen LogP contribution in [0.2, 0.25) is 0 Å². The summed E-state index contributed by atoms with van der Waals surface area (Å²) in [6, 6.07) is 21.2. The van der Waals surface area contributed by atoms with Crippen LogP contribution in [0.5, 0.6) is 0 Å². The minimum Gasteiger partial charge on any atom is -0.324 e. The van der Waals surface area contributed by atoms with Crippen molar-refractivity contribution in [3.8, 4) is 0 Å². The van der Waals surface area contributed by atoms with E-state index < -0.39 is 0 Å². The summed E-state index contributed by atoms with van der Waals surface area (Å²) in [5.74, 6) is -0.689. The summed E-state index contributed by atoms with van der Waals surface area (Å²) >= 11 is 0.